The van der Waals surface area contributed by atoms with E-state index in [1.807, 2.05) is 36.4 Å². The molecule has 0 amide bonds. The van der Waals surface area contributed by atoms with Crippen molar-refractivity contribution in [1.82, 2.24) is 9.97 Å². The maximum absolute atomic E-state index is 10.2. The van der Waals surface area contributed by atoms with E-state index in [4.69, 9.17) is 23.2 Å². The molecule has 112 valence electrons. The summed E-state index contributed by atoms with van der Waals surface area (Å²) in [5.41, 5.74) is 1.48. The summed E-state index contributed by atoms with van der Waals surface area (Å²) in [5, 5.41) is 14.7. The van der Waals surface area contributed by atoms with E-state index in [1.165, 1.54) is 0 Å². The molecule has 2 N–H and O–H groups in total. The molecule has 1 heterocycles. The molecular formula is C16H13Cl2N3O. The Bertz CT molecular complexity index is 796. The second kappa shape index (κ2) is 6.48. The van der Waals surface area contributed by atoms with Crippen molar-refractivity contribution in [3.8, 4) is 0 Å². The van der Waals surface area contributed by atoms with Crippen LogP contribution < -0.4 is 5.32 Å². The van der Waals surface area contributed by atoms with Gasteiger partial charge in [-0.3, -0.25) is 0 Å². The van der Waals surface area contributed by atoms with Crippen molar-refractivity contribution in [2.75, 3.05) is 11.9 Å². The number of halogens is 2. The highest BCUT2D eigenvalue weighted by Crippen LogP contribution is 2.29. The first-order valence-electron chi connectivity index (χ1n) is 6.74. The van der Waals surface area contributed by atoms with Crippen LogP contribution in [0.5, 0.6) is 0 Å². The Morgan fingerprint density at radius 3 is 2.55 bits per heavy atom. The molecule has 1 aromatic heterocycles. The molecule has 0 spiro atoms. The minimum atomic E-state index is -0.660. The predicted molar refractivity (Wildman–Crippen MR) is 89.4 cm³/mol. The highest BCUT2D eigenvalue weighted by molar-refractivity contribution is 6.36. The van der Waals surface area contributed by atoms with Crippen LogP contribution in [0, 0.1) is 0 Å². The van der Waals surface area contributed by atoms with E-state index in [1.54, 1.807) is 12.1 Å². The minimum absolute atomic E-state index is 0.131. The number of aliphatic hydroxyl groups is 1. The monoisotopic (exact) mass is 333 g/mol. The lowest BCUT2D eigenvalue weighted by Gasteiger charge is -2.14. The lowest BCUT2D eigenvalue weighted by atomic mass is 10.1. The van der Waals surface area contributed by atoms with Gasteiger partial charge in [-0.05, 0) is 29.3 Å². The van der Waals surface area contributed by atoms with Crippen LogP contribution in [0.3, 0.4) is 0 Å². The molecule has 3 rings (SSSR count). The lowest BCUT2D eigenvalue weighted by Crippen LogP contribution is -2.13. The lowest BCUT2D eigenvalue weighted by molar-refractivity contribution is 0.191. The highest BCUT2D eigenvalue weighted by atomic mass is 35.5. The van der Waals surface area contributed by atoms with Crippen LogP contribution in [-0.4, -0.2) is 21.6 Å². The fraction of sp³-hybridized carbons (Fsp3) is 0.125. The first-order valence-corrected chi connectivity index (χ1v) is 7.49. The summed E-state index contributed by atoms with van der Waals surface area (Å²) >= 11 is 12.2. The summed E-state index contributed by atoms with van der Waals surface area (Å²) in [6.45, 7) is 0.289. The second-order valence-electron chi connectivity index (χ2n) is 4.78. The second-order valence-corrected chi connectivity index (χ2v) is 5.53. The zero-order valence-electron chi connectivity index (χ0n) is 11.5. The van der Waals surface area contributed by atoms with E-state index in [-0.39, 0.29) is 11.8 Å². The van der Waals surface area contributed by atoms with Crippen LogP contribution in [0.1, 0.15) is 11.7 Å². The van der Waals surface area contributed by atoms with E-state index in [0.29, 0.717) is 21.7 Å². The quantitative estimate of drug-likeness (QED) is 0.706. The summed E-state index contributed by atoms with van der Waals surface area (Å²) in [5.74, 6) is 0.510. The molecule has 3 aromatic rings. The maximum atomic E-state index is 10.2. The van der Waals surface area contributed by atoms with Gasteiger partial charge in [0.25, 0.3) is 0 Å². The first-order chi connectivity index (χ1) is 10.6. The molecule has 22 heavy (non-hydrogen) atoms. The van der Waals surface area contributed by atoms with Crippen molar-refractivity contribution in [1.29, 1.82) is 0 Å². The Morgan fingerprint density at radius 2 is 1.77 bits per heavy atom. The number of aliphatic hydroxyl groups excluding tert-OH is 1. The van der Waals surface area contributed by atoms with Gasteiger partial charge < -0.3 is 10.4 Å². The summed E-state index contributed by atoms with van der Waals surface area (Å²) in [6.07, 6.45) is -0.660. The van der Waals surface area contributed by atoms with Crippen molar-refractivity contribution in [2.24, 2.45) is 0 Å². The van der Waals surface area contributed by atoms with Gasteiger partial charge in [0.2, 0.25) is 5.28 Å². The van der Waals surface area contributed by atoms with Crippen LogP contribution in [0.25, 0.3) is 10.9 Å². The zero-order chi connectivity index (χ0) is 15.5. The third kappa shape index (κ3) is 3.14. The molecule has 0 saturated heterocycles. The standard InChI is InChI=1S/C16H13Cl2N3O/c17-11-7-4-8-12-14(11)15(21-16(18)20-12)19-9-13(22)10-5-2-1-3-6-10/h1-8,13,22H,9H2,(H,19,20,21). The van der Waals surface area contributed by atoms with Gasteiger partial charge in [-0.15, -0.1) is 0 Å². The number of hydrogen-bond acceptors (Lipinski definition) is 4. The fourth-order valence-electron chi connectivity index (χ4n) is 2.23. The van der Waals surface area contributed by atoms with Gasteiger partial charge in [0.15, 0.2) is 0 Å². The number of benzene rings is 2. The first kappa shape index (κ1) is 15.0. The van der Waals surface area contributed by atoms with Crippen LogP contribution in [0.4, 0.5) is 5.82 Å². The molecule has 0 aliphatic rings. The summed E-state index contributed by atoms with van der Waals surface area (Å²) in [7, 11) is 0. The van der Waals surface area contributed by atoms with Crippen LogP contribution in [0.15, 0.2) is 48.5 Å². The van der Waals surface area contributed by atoms with Gasteiger partial charge in [-0.1, -0.05) is 48.0 Å². The van der Waals surface area contributed by atoms with E-state index in [9.17, 15) is 5.11 Å². The van der Waals surface area contributed by atoms with Crippen molar-refractivity contribution in [3.05, 3.63) is 64.4 Å². The number of nitrogens with one attached hydrogen (secondary N) is 1. The van der Waals surface area contributed by atoms with Crippen LogP contribution in [0.2, 0.25) is 10.3 Å². The number of rotatable bonds is 4. The number of nitrogens with zero attached hydrogens (tertiary/aromatic N) is 2. The minimum Gasteiger partial charge on any atom is -0.387 e. The van der Waals surface area contributed by atoms with Crippen molar-refractivity contribution in [2.45, 2.75) is 6.10 Å². The SMILES string of the molecule is OC(CNc1nc(Cl)nc2cccc(Cl)c12)c1ccccc1. The van der Waals surface area contributed by atoms with E-state index < -0.39 is 6.10 Å². The Balaban J connectivity index is 1.88. The normalized spacial score (nSPS) is 12.3. The number of anilines is 1. The van der Waals surface area contributed by atoms with Crippen molar-refractivity contribution < 1.29 is 5.11 Å². The molecule has 0 radical (unpaired) electrons. The molecule has 2 aromatic carbocycles. The molecule has 0 bridgehead atoms. The molecule has 1 unspecified atom stereocenters. The Hall–Kier alpha value is -1.88. The highest BCUT2D eigenvalue weighted by Gasteiger charge is 2.12. The number of aromatic nitrogens is 2. The van der Waals surface area contributed by atoms with Crippen LogP contribution in [-0.2, 0) is 0 Å². The smallest absolute Gasteiger partial charge is 0.224 e. The molecule has 4 nitrogen and oxygen atoms in total. The van der Waals surface area contributed by atoms with E-state index >= 15 is 0 Å². The van der Waals surface area contributed by atoms with Gasteiger partial charge in [-0.25, -0.2) is 9.97 Å². The fourth-order valence-corrected chi connectivity index (χ4v) is 2.66. The van der Waals surface area contributed by atoms with E-state index in [0.717, 1.165) is 5.56 Å². The maximum Gasteiger partial charge on any atom is 0.224 e. The largest absolute Gasteiger partial charge is 0.387 e. The molecule has 1 atom stereocenters. The van der Waals surface area contributed by atoms with Gasteiger partial charge in [0, 0.05) is 6.54 Å². The number of fused-ring (bicyclic) bond motifs is 1. The Morgan fingerprint density at radius 1 is 1.00 bits per heavy atom. The topological polar surface area (TPSA) is 58.0 Å². The molecule has 0 saturated carbocycles. The molecule has 6 heteroatoms. The van der Waals surface area contributed by atoms with Crippen molar-refractivity contribution >= 4 is 39.9 Å². The van der Waals surface area contributed by atoms with Gasteiger partial charge >= 0.3 is 0 Å². The molecular weight excluding hydrogens is 321 g/mol. The predicted octanol–water partition coefficient (Wildman–Crippen LogP) is 4.08. The summed E-state index contributed by atoms with van der Waals surface area (Å²) < 4.78 is 0. The van der Waals surface area contributed by atoms with Gasteiger partial charge in [-0.2, -0.15) is 0 Å². The Kier molecular flexibility index (Phi) is 4.43. The van der Waals surface area contributed by atoms with Crippen LogP contribution >= 0.6 is 23.2 Å². The summed E-state index contributed by atoms with van der Waals surface area (Å²) in [6, 6.07) is 14.8. The average molecular weight is 334 g/mol. The van der Waals surface area contributed by atoms with Gasteiger partial charge in [0.1, 0.15) is 5.82 Å². The third-order valence-corrected chi connectivity index (χ3v) is 3.78. The number of hydrogen-bond donors (Lipinski definition) is 2. The van der Waals surface area contributed by atoms with E-state index in [2.05, 4.69) is 15.3 Å². The van der Waals surface area contributed by atoms with Gasteiger partial charge in [0.05, 0.1) is 22.0 Å². The van der Waals surface area contributed by atoms with Crippen molar-refractivity contribution in [3.63, 3.8) is 0 Å². The molecule has 0 fully saturated rings. The summed E-state index contributed by atoms with van der Waals surface area (Å²) in [4.78, 5) is 8.33. The third-order valence-electron chi connectivity index (χ3n) is 3.29. The molecule has 0 aliphatic carbocycles. The Labute approximate surface area is 137 Å². The zero-order valence-corrected chi connectivity index (χ0v) is 13.0. The average Bonchev–Trinajstić information content (AvgIpc) is 2.53. The molecule has 0 aliphatic heterocycles.